The molecule has 23 heavy (non-hydrogen) atoms. The van der Waals surface area contributed by atoms with E-state index in [-0.39, 0.29) is 5.84 Å². The lowest BCUT2D eigenvalue weighted by Crippen LogP contribution is -2.41. The number of benzene rings is 1. The number of hydrogen-bond acceptors (Lipinski definition) is 6. The second-order valence-electron chi connectivity index (χ2n) is 5.43. The Morgan fingerprint density at radius 3 is 2.35 bits per heavy atom. The normalized spacial score (nSPS) is 33.3. The number of aliphatic imine (C=N–C) groups is 1. The molecule has 3 rings (SSSR count). The van der Waals surface area contributed by atoms with Crippen molar-refractivity contribution in [3.8, 4) is 12.1 Å². The molecule has 0 saturated heterocycles. The number of ether oxygens (including phenoxy) is 2. The second kappa shape index (κ2) is 4.83. The van der Waals surface area contributed by atoms with Crippen LogP contribution in [0, 0.1) is 33.5 Å². The summed E-state index contributed by atoms with van der Waals surface area (Å²) in [5.74, 6) is -2.29. The highest BCUT2D eigenvalue weighted by Gasteiger charge is 2.93. The molecule has 2 aliphatic rings. The first kappa shape index (κ1) is 16.0. The van der Waals surface area contributed by atoms with E-state index in [0.717, 1.165) is 0 Å². The number of hydrogen-bond donors (Lipinski definition) is 1. The summed E-state index contributed by atoms with van der Waals surface area (Å²) in [7, 11) is 2.71. The minimum absolute atomic E-state index is 0.00117. The van der Waals surface area contributed by atoms with Gasteiger partial charge < -0.3 is 15.2 Å². The number of rotatable bonds is 3. The molecule has 8 heteroatoms. The van der Waals surface area contributed by atoms with Gasteiger partial charge in [0.25, 0.3) is 5.91 Å². The molecule has 3 atom stereocenters. The van der Waals surface area contributed by atoms with Gasteiger partial charge in [0, 0.05) is 30.2 Å². The van der Waals surface area contributed by atoms with Gasteiger partial charge in [0.2, 0.25) is 0 Å². The monoisotopic (exact) mass is 350 g/mol. The number of nitrogens with two attached hydrogens (primary N) is 1. The molecule has 0 aromatic heterocycles. The van der Waals surface area contributed by atoms with Crippen molar-refractivity contribution in [2.45, 2.75) is 11.8 Å². The number of halogens is 2. The van der Waals surface area contributed by atoms with Crippen molar-refractivity contribution in [1.82, 2.24) is 0 Å². The summed E-state index contributed by atoms with van der Waals surface area (Å²) in [6.45, 7) is 0. The van der Waals surface area contributed by atoms with Gasteiger partial charge in [0.05, 0.1) is 12.1 Å². The van der Waals surface area contributed by atoms with Crippen molar-refractivity contribution in [2.24, 2.45) is 21.6 Å². The van der Waals surface area contributed by atoms with Crippen molar-refractivity contribution in [3.63, 3.8) is 0 Å². The molecule has 1 aliphatic carbocycles. The van der Waals surface area contributed by atoms with Gasteiger partial charge in [0.15, 0.2) is 5.41 Å². The molecule has 1 fully saturated rings. The van der Waals surface area contributed by atoms with E-state index < -0.39 is 22.7 Å². The molecule has 2 N–H and O–H groups in total. The Morgan fingerprint density at radius 2 is 1.87 bits per heavy atom. The fraction of sp³-hybridized carbons (Fsp3) is 0.400. The third-order valence-electron chi connectivity index (χ3n) is 4.75. The first-order chi connectivity index (χ1) is 10.9. The van der Waals surface area contributed by atoms with Gasteiger partial charge in [-0.15, -0.1) is 0 Å². The standard InChI is InChI=1S/C15H12Cl2N4O2/c1-22-15(23-2)14(7-19)11(13(14,6-18)12(20)21-15)9-4-3-8(16)5-10(9)17/h3-5,11H,1-2H3,(H2,20,21)/t11-,13-,14-/m1/s1. The minimum Gasteiger partial charge on any atom is -0.386 e. The van der Waals surface area contributed by atoms with Gasteiger partial charge in [-0.3, -0.25) is 0 Å². The molecule has 118 valence electrons. The number of fused-ring (bicyclic) bond motifs is 1. The first-order valence-corrected chi connectivity index (χ1v) is 7.40. The average Bonchev–Trinajstić information content (AvgIpc) is 3.10. The maximum absolute atomic E-state index is 9.90. The van der Waals surface area contributed by atoms with Crippen LogP contribution < -0.4 is 5.73 Å². The third-order valence-corrected chi connectivity index (χ3v) is 5.32. The Kier molecular flexibility index (Phi) is 3.37. The molecule has 1 heterocycles. The largest absolute Gasteiger partial charge is 0.386 e. The van der Waals surface area contributed by atoms with Gasteiger partial charge in [-0.1, -0.05) is 29.3 Å². The Hall–Kier alpha value is -1.83. The van der Waals surface area contributed by atoms with Crippen LogP contribution in [0.3, 0.4) is 0 Å². The predicted octanol–water partition coefficient (Wildman–Crippen LogP) is 2.43. The fourth-order valence-corrected chi connectivity index (χ4v) is 4.24. The summed E-state index contributed by atoms with van der Waals surface area (Å²) in [5, 5.41) is 20.5. The Balaban J connectivity index is 2.28. The molecular weight excluding hydrogens is 339 g/mol. The highest BCUT2D eigenvalue weighted by atomic mass is 35.5. The molecule has 0 radical (unpaired) electrons. The number of methoxy groups -OCH3 is 2. The summed E-state index contributed by atoms with van der Waals surface area (Å²) >= 11 is 12.2. The van der Waals surface area contributed by atoms with Crippen molar-refractivity contribution in [3.05, 3.63) is 33.8 Å². The average molecular weight is 351 g/mol. The molecule has 1 saturated carbocycles. The van der Waals surface area contributed by atoms with Crippen molar-refractivity contribution >= 4 is 29.0 Å². The number of nitriles is 2. The van der Waals surface area contributed by atoms with Gasteiger partial charge >= 0.3 is 0 Å². The zero-order chi connectivity index (χ0) is 17.0. The van der Waals surface area contributed by atoms with Gasteiger partial charge in [0.1, 0.15) is 11.3 Å². The third kappa shape index (κ3) is 1.52. The molecule has 6 nitrogen and oxygen atoms in total. The zero-order valence-electron chi connectivity index (χ0n) is 12.3. The minimum atomic E-state index is -1.66. The predicted molar refractivity (Wildman–Crippen MR) is 83.7 cm³/mol. The van der Waals surface area contributed by atoms with Crippen LogP contribution in [-0.4, -0.2) is 26.0 Å². The van der Waals surface area contributed by atoms with E-state index in [2.05, 4.69) is 17.1 Å². The highest BCUT2D eigenvalue weighted by molar-refractivity contribution is 6.35. The Morgan fingerprint density at radius 1 is 1.22 bits per heavy atom. The van der Waals surface area contributed by atoms with Gasteiger partial charge in [-0.2, -0.15) is 10.5 Å². The smallest absolute Gasteiger partial charge is 0.292 e. The van der Waals surface area contributed by atoms with E-state index in [1.807, 2.05) is 0 Å². The number of amidine groups is 1. The lowest BCUT2D eigenvalue weighted by molar-refractivity contribution is -0.230. The van der Waals surface area contributed by atoms with E-state index in [9.17, 15) is 10.5 Å². The summed E-state index contributed by atoms with van der Waals surface area (Å²) in [5.41, 5.74) is 3.81. The molecule has 1 aromatic carbocycles. The molecule has 0 unspecified atom stereocenters. The van der Waals surface area contributed by atoms with Crippen LogP contribution in [0.1, 0.15) is 11.5 Å². The van der Waals surface area contributed by atoms with Crippen LogP contribution in [0.2, 0.25) is 10.0 Å². The van der Waals surface area contributed by atoms with Crippen LogP contribution in [0.25, 0.3) is 0 Å². The van der Waals surface area contributed by atoms with E-state index in [0.29, 0.717) is 15.6 Å². The molecule has 0 spiro atoms. The maximum atomic E-state index is 9.90. The topological polar surface area (TPSA) is 104 Å². The SMILES string of the molecule is COC1(OC)N=C(N)[C@@]2(C#N)[C@@H](c3ccc(Cl)cc3Cl)[C@@]12C#N. The molecular formula is C15H12Cl2N4O2. The summed E-state index contributed by atoms with van der Waals surface area (Å²) in [4.78, 5) is 4.13. The van der Waals surface area contributed by atoms with Crippen molar-refractivity contribution in [2.75, 3.05) is 14.2 Å². The van der Waals surface area contributed by atoms with E-state index >= 15 is 0 Å². The summed E-state index contributed by atoms with van der Waals surface area (Å²) in [6.07, 6.45) is 0. The van der Waals surface area contributed by atoms with Gasteiger partial charge in [-0.25, -0.2) is 4.99 Å². The fourth-order valence-electron chi connectivity index (χ4n) is 3.72. The van der Waals surface area contributed by atoms with E-state index in [1.165, 1.54) is 14.2 Å². The van der Waals surface area contributed by atoms with Gasteiger partial charge in [-0.05, 0) is 17.7 Å². The lowest BCUT2D eigenvalue weighted by atomic mass is 9.93. The Bertz CT molecular complexity index is 809. The second-order valence-corrected chi connectivity index (χ2v) is 6.27. The molecule has 1 aromatic rings. The molecule has 0 amide bonds. The van der Waals surface area contributed by atoms with Crippen molar-refractivity contribution in [1.29, 1.82) is 10.5 Å². The van der Waals surface area contributed by atoms with Crippen LogP contribution >= 0.6 is 23.2 Å². The molecule has 1 aliphatic heterocycles. The van der Waals surface area contributed by atoms with E-state index in [1.54, 1.807) is 18.2 Å². The molecule has 0 bridgehead atoms. The first-order valence-electron chi connectivity index (χ1n) is 6.64. The van der Waals surface area contributed by atoms with Crippen molar-refractivity contribution < 1.29 is 9.47 Å². The lowest BCUT2D eigenvalue weighted by Gasteiger charge is -2.29. The van der Waals surface area contributed by atoms with Crippen LogP contribution in [-0.2, 0) is 9.47 Å². The van der Waals surface area contributed by atoms with Crippen LogP contribution in [0.15, 0.2) is 23.2 Å². The summed E-state index contributed by atoms with van der Waals surface area (Å²) < 4.78 is 10.8. The maximum Gasteiger partial charge on any atom is 0.292 e. The van der Waals surface area contributed by atoms with Crippen LogP contribution in [0.4, 0.5) is 0 Å². The summed E-state index contributed by atoms with van der Waals surface area (Å²) in [6, 6.07) is 9.17. The highest BCUT2D eigenvalue weighted by Crippen LogP contribution is 2.82. The van der Waals surface area contributed by atoms with Crippen LogP contribution in [0.5, 0.6) is 0 Å². The zero-order valence-corrected chi connectivity index (χ0v) is 13.8. The number of nitrogens with zero attached hydrogens (tertiary/aromatic N) is 3. The van der Waals surface area contributed by atoms with E-state index in [4.69, 9.17) is 38.4 Å². The quantitative estimate of drug-likeness (QED) is 0.842. The Labute approximate surface area is 143 Å².